The Morgan fingerprint density at radius 1 is 0.853 bits per heavy atom. The zero-order valence-electron chi connectivity index (χ0n) is 17.9. The molecule has 0 spiro atoms. The molecule has 0 atom stereocenters. The quantitative estimate of drug-likeness (QED) is 0.638. The minimum atomic E-state index is -4.72. The molecular weight excluding hydrogens is 466 g/mol. The van der Waals surface area contributed by atoms with Crippen LogP contribution in [0.2, 0.25) is 0 Å². The number of benzene rings is 2. The van der Waals surface area contributed by atoms with Gasteiger partial charge in [0.2, 0.25) is 0 Å². The Balaban J connectivity index is 1.21. The number of urea groups is 1. The number of alkyl halides is 6. The largest absolute Gasteiger partial charge is 0.573 e. The van der Waals surface area contributed by atoms with Gasteiger partial charge < -0.3 is 19.9 Å². The maximum atomic E-state index is 12.6. The number of likely N-dealkylation sites (tertiary alicyclic amines) is 1. The van der Waals surface area contributed by atoms with Crippen LogP contribution in [-0.2, 0) is 6.18 Å². The first-order chi connectivity index (χ1) is 16.0. The highest BCUT2D eigenvalue weighted by Gasteiger charge is 2.36. The molecule has 2 aromatic rings. The summed E-state index contributed by atoms with van der Waals surface area (Å²) in [7, 11) is 0. The maximum absolute atomic E-state index is 12.6. The van der Waals surface area contributed by atoms with E-state index in [1.807, 2.05) is 0 Å². The third-order valence-corrected chi connectivity index (χ3v) is 5.88. The highest BCUT2D eigenvalue weighted by Crippen LogP contribution is 2.30. The minimum Gasteiger partial charge on any atom is -0.406 e. The number of ether oxygens (including phenoxy) is 1. The lowest BCUT2D eigenvalue weighted by Crippen LogP contribution is -2.64. The molecule has 0 unspecified atom stereocenters. The molecule has 2 saturated heterocycles. The average molecular weight is 488 g/mol. The number of anilines is 2. The van der Waals surface area contributed by atoms with E-state index in [1.54, 1.807) is 17.0 Å². The van der Waals surface area contributed by atoms with E-state index in [2.05, 4.69) is 19.9 Å². The van der Waals surface area contributed by atoms with Gasteiger partial charge in [0.15, 0.2) is 0 Å². The number of amides is 2. The van der Waals surface area contributed by atoms with Gasteiger partial charge in [0.25, 0.3) is 0 Å². The van der Waals surface area contributed by atoms with E-state index in [0.29, 0.717) is 31.9 Å². The topological polar surface area (TPSA) is 48.1 Å². The molecule has 12 heteroatoms. The molecule has 4 rings (SSSR count). The summed E-state index contributed by atoms with van der Waals surface area (Å²) in [6.45, 7) is 3.87. The molecular formula is C22H22F6N4O2. The van der Waals surface area contributed by atoms with E-state index in [0.717, 1.165) is 30.9 Å². The van der Waals surface area contributed by atoms with Gasteiger partial charge in [-0.05, 0) is 48.5 Å². The van der Waals surface area contributed by atoms with Gasteiger partial charge in [-0.1, -0.05) is 0 Å². The molecule has 1 N–H and O–H groups in total. The Kier molecular flexibility index (Phi) is 6.52. The monoisotopic (exact) mass is 488 g/mol. The summed E-state index contributed by atoms with van der Waals surface area (Å²) in [6.07, 6.45) is -9.15. The lowest BCUT2D eigenvalue weighted by molar-refractivity contribution is -0.274. The summed E-state index contributed by atoms with van der Waals surface area (Å²) < 4.78 is 78.7. The summed E-state index contributed by atoms with van der Waals surface area (Å²) in [6, 6.07) is 9.86. The molecule has 0 aliphatic carbocycles. The number of halogens is 6. The van der Waals surface area contributed by atoms with Gasteiger partial charge in [0.05, 0.1) is 5.56 Å². The number of nitrogens with one attached hydrogen (secondary N) is 1. The van der Waals surface area contributed by atoms with Crippen molar-refractivity contribution in [2.45, 2.75) is 18.6 Å². The van der Waals surface area contributed by atoms with Gasteiger partial charge in [-0.2, -0.15) is 13.2 Å². The first kappa shape index (κ1) is 24.0. The molecule has 2 aliphatic rings. The van der Waals surface area contributed by atoms with Crippen LogP contribution >= 0.6 is 0 Å². The number of hydrogen-bond donors (Lipinski definition) is 1. The van der Waals surface area contributed by atoms with E-state index in [4.69, 9.17) is 0 Å². The Labute approximate surface area is 191 Å². The van der Waals surface area contributed by atoms with Crippen molar-refractivity contribution >= 4 is 17.4 Å². The Morgan fingerprint density at radius 2 is 1.44 bits per heavy atom. The second-order valence-electron chi connectivity index (χ2n) is 8.13. The molecule has 0 aromatic heterocycles. The zero-order valence-corrected chi connectivity index (χ0v) is 17.9. The van der Waals surface area contributed by atoms with Crippen LogP contribution in [0.1, 0.15) is 5.56 Å². The fourth-order valence-electron chi connectivity index (χ4n) is 4.00. The predicted molar refractivity (Wildman–Crippen MR) is 113 cm³/mol. The van der Waals surface area contributed by atoms with Crippen molar-refractivity contribution in [2.75, 3.05) is 49.5 Å². The summed E-state index contributed by atoms with van der Waals surface area (Å²) in [5.74, 6) is -0.265. The van der Waals surface area contributed by atoms with Crippen LogP contribution in [0.25, 0.3) is 0 Å². The van der Waals surface area contributed by atoms with Crippen LogP contribution in [-0.4, -0.2) is 67.5 Å². The third-order valence-electron chi connectivity index (χ3n) is 5.88. The molecule has 2 heterocycles. The van der Waals surface area contributed by atoms with Crippen LogP contribution in [0.5, 0.6) is 5.75 Å². The van der Waals surface area contributed by atoms with Crippen molar-refractivity contribution in [1.82, 2.24) is 9.80 Å². The van der Waals surface area contributed by atoms with Crippen molar-refractivity contribution in [3.63, 3.8) is 0 Å². The summed E-state index contributed by atoms with van der Waals surface area (Å²) in [5, 5.41) is 2.61. The van der Waals surface area contributed by atoms with Gasteiger partial charge in [-0.3, -0.25) is 4.90 Å². The van der Waals surface area contributed by atoms with Crippen LogP contribution in [0.3, 0.4) is 0 Å². The van der Waals surface area contributed by atoms with Crippen molar-refractivity contribution in [2.24, 2.45) is 0 Å². The minimum absolute atomic E-state index is 0.183. The SMILES string of the molecule is O=C(Nc1ccc(C(F)(F)F)cc1)N1CC(N2CCN(c3ccc(OC(F)(F)F)cc3)CC2)C1. The molecule has 2 fully saturated rings. The number of rotatable bonds is 4. The predicted octanol–water partition coefficient (Wildman–Crippen LogP) is 4.64. The van der Waals surface area contributed by atoms with Gasteiger partial charge in [0, 0.05) is 56.7 Å². The van der Waals surface area contributed by atoms with Crippen molar-refractivity contribution in [1.29, 1.82) is 0 Å². The summed E-state index contributed by atoms with van der Waals surface area (Å²) in [5.41, 5.74) is 0.321. The molecule has 0 bridgehead atoms. The molecule has 0 radical (unpaired) electrons. The smallest absolute Gasteiger partial charge is 0.406 e. The fraction of sp³-hybridized carbons (Fsp3) is 0.409. The van der Waals surface area contributed by atoms with Crippen molar-refractivity contribution in [3.05, 3.63) is 54.1 Å². The standard InChI is InChI=1S/C22H22F6N4O2/c23-21(24,25)15-1-3-16(4-2-15)29-20(33)32-13-18(14-32)31-11-9-30(10-12-31)17-5-7-19(8-6-17)34-22(26,27)28/h1-8,18H,9-14H2,(H,29,33). The maximum Gasteiger partial charge on any atom is 0.573 e. The molecule has 2 amide bonds. The number of nitrogens with zero attached hydrogens (tertiary/aromatic N) is 3. The highest BCUT2D eigenvalue weighted by molar-refractivity contribution is 5.90. The Hall–Kier alpha value is -3.15. The summed E-state index contributed by atoms with van der Waals surface area (Å²) >= 11 is 0. The molecule has 34 heavy (non-hydrogen) atoms. The number of carbonyl (C=O) groups excluding carboxylic acids is 1. The van der Waals surface area contributed by atoms with Crippen LogP contribution in [0.4, 0.5) is 42.5 Å². The molecule has 6 nitrogen and oxygen atoms in total. The van der Waals surface area contributed by atoms with Crippen molar-refractivity contribution < 1.29 is 35.9 Å². The molecule has 184 valence electrons. The van der Waals surface area contributed by atoms with Gasteiger partial charge in [-0.25, -0.2) is 4.79 Å². The van der Waals surface area contributed by atoms with Gasteiger partial charge in [0.1, 0.15) is 5.75 Å². The number of carbonyl (C=O) groups is 1. The Bertz CT molecular complexity index is 980. The van der Waals surface area contributed by atoms with Gasteiger partial charge in [-0.15, -0.1) is 13.2 Å². The second-order valence-corrected chi connectivity index (χ2v) is 8.13. The highest BCUT2D eigenvalue weighted by atomic mass is 19.4. The van der Waals surface area contributed by atoms with Crippen LogP contribution in [0, 0.1) is 0 Å². The first-order valence-corrected chi connectivity index (χ1v) is 10.6. The molecule has 2 aliphatic heterocycles. The van der Waals surface area contributed by atoms with E-state index in [-0.39, 0.29) is 17.8 Å². The first-order valence-electron chi connectivity index (χ1n) is 10.6. The number of piperazine rings is 1. The Morgan fingerprint density at radius 3 is 1.97 bits per heavy atom. The van der Waals surface area contributed by atoms with E-state index >= 15 is 0 Å². The van der Waals surface area contributed by atoms with Crippen molar-refractivity contribution in [3.8, 4) is 5.75 Å². The lowest BCUT2D eigenvalue weighted by Gasteiger charge is -2.48. The summed E-state index contributed by atoms with van der Waals surface area (Å²) in [4.78, 5) is 18.3. The molecule has 0 saturated carbocycles. The van der Waals surface area contributed by atoms with E-state index < -0.39 is 18.1 Å². The third kappa shape index (κ3) is 5.85. The normalized spacial score (nSPS) is 17.9. The van der Waals surface area contributed by atoms with Gasteiger partial charge >= 0.3 is 18.6 Å². The van der Waals surface area contributed by atoms with Crippen LogP contribution in [0.15, 0.2) is 48.5 Å². The number of hydrogen-bond acceptors (Lipinski definition) is 4. The van der Waals surface area contributed by atoms with E-state index in [1.165, 1.54) is 24.3 Å². The fourth-order valence-corrected chi connectivity index (χ4v) is 4.00. The lowest BCUT2D eigenvalue weighted by atomic mass is 10.1. The molecule has 2 aromatic carbocycles. The average Bonchev–Trinajstić information content (AvgIpc) is 2.72. The van der Waals surface area contributed by atoms with Crippen LogP contribution < -0.4 is 15.0 Å². The van der Waals surface area contributed by atoms with E-state index in [9.17, 15) is 31.1 Å². The second kappa shape index (κ2) is 9.24. The zero-order chi connectivity index (χ0) is 24.5.